The van der Waals surface area contributed by atoms with Gasteiger partial charge in [0.15, 0.2) is 0 Å². The molecule has 1 aromatic rings. The molecule has 1 saturated heterocycles. The van der Waals surface area contributed by atoms with E-state index in [0.29, 0.717) is 31.2 Å². The van der Waals surface area contributed by atoms with Crippen LogP contribution >= 0.6 is 11.8 Å². The highest BCUT2D eigenvalue weighted by atomic mass is 32.2. The molecule has 10 heteroatoms. The maximum Gasteiger partial charge on any atom is 0.409 e. The predicted molar refractivity (Wildman–Crippen MR) is 119 cm³/mol. The van der Waals surface area contributed by atoms with Gasteiger partial charge in [0.1, 0.15) is 5.92 Å². The summed E-state index contributed by atoms with van der Waals surface area (Å²) in [6, 6.07) is 0. The molecule has 1 aliphatic carbocycles. The van der Waals surface area contributed by atoms with E-state index in [0.717, 1.165) is 38.5 Å². The van der Waals surface area contributed by atoms with Crippen LogP contribution < -0.4 is 5.32 Å². The van der Waals surface area contributed by atoms with Crippen LogP contribution in [-0.2, 0) is 14.3 Å². The molecule has 3 amide bonds. The van der Waals surface area contributed by atoms with Gasteiger partial charge < -0.3 is 14.1 Å². The number of amides is 3. The second kappa shape index (κ2) is 11.7. The van der Waals surface area contributed by atoms with Crippen molar-refractivity contribution in [3.05, 3.63) is 5.89 Å². The first kappa shape index (κ1) is 24.5. The molecule has 9 nitrogen and oxygen atoms in total. The molecule has 2 fully saturated rings. The number of thioether (sulfide) groups is 1. The lowest BCUT2D eigenvalue weighted by atomic mass is 9.83. The van der Waals surface area contributed by atoms with Crippen molar-refractivity contribution >= 4 is 29.7 Å². The summed E-state index contributed by atoms with van der Waals surface area (Å²) in [4.78, 5) is 39.6. The lowest BCUT2D eigenvalue weighted by Crippen LogP contribution is -2.44. The van der Waals surface area contributed by atoms with E-state index in [4.69, 9.17) is 9.15 Å². The average Bonchev–Trinajstić information content (AvgIpc) is 3.04. The van der Waals surface area contributed by atoms with Crippen molar-refractivity contribution in [3.8, 4) is 0 Å². The predicted octanol–water partition coefficient (Wildman–Crippen LogP) is 3.75. The lowest BCUT2D eigenvalue weighted by Gasteiger charge is -2.33. The largest absolute Gasteiger partial charge is 0.453 e. The molecule has 1 aromatic heterocycles. The first-order valence-electron chi connectivity index (χ1n) is 11.6. The van der Waals surface area contributed by atoms with Crippen LogP contribution in [0.3, 0.4) is 0 Å². The molecule has 32 heavy (non-hydrogen) atoms. The van der Waals surface area contributed by atoms with Gasteiger partial charge in [-0.3, -0.25) is 14.9 Å². The number of rotatable bonds is 6. The minimum atomic E-state index is -0.724. The summed E-state index contributed by atoms with van der Waals surface area (Å²) in [7, 11) is 1.36. The Kier molecular flexibility index (Phi) is 8.95. The number of imide groups is 1. The van der Waals surface area contributed by atoms with Crippen molar-refractivity contribution in [2.45, 2.75) is 81.6 Å². The van der Waals surface area contributed by atoms with Crippen LogP contribution in [0.5, 0.6) is 0 Å². The van der Waals surface area contributed by atoms with E-state index in [9.17, 15) is 14.4 Å². The maximum absolute atomic E-state index is 13.3. The van der Waals surface area contributed by atoms with Crippen LogP contribution in [0.25, 0.3) is 0 Å². The number of hydrogen-bond acceptors (Lipinski definition) is 8. The fourth-order valence-corrected chi connectivity index (χ4v) is 5.14. The van der Waals surface area contributed by atoms with Crippen molar-refractivity contribution in [1.29, 1.82) is 0 Å². The lowest BCUT2D eigenvalue weighted by molar-refractivity contribution is -0.135. The Bertz CT molecular complexity index is 783. The van der Waals surface area contributed by atoms with Gasteiger partial charge >= 0.3 is 6.09 Å². The zero-order chi connectivity index (χ0) is 23.1. The first-order valence-corrected chi connectivity index (χ1v) is 12.4. The van der Waals surface area contributed by atoms with Crippen LogP contribution in [0.2, 0.25) is 0 Å². The van der Waals surface area contributed by atoms with E-state index in [-0.39, 0.29) is 40.9 Å². The molecule has 178 valence electrons. The zero-order valence-electron chi connectivity index (χ0n) is 19.2. The molecule has 2 aliphatic rings. The highest BCUT2D eigenvalue weighted by Gasteiger charge is 2.39. The van der Waals surface area contributed by atoms with Crippen molar-refractivity contribution in [1.82, 2.24) is 20.4 Å². The first-order chi connectivity index (χ1) is 15.4. The molecule has 0 bridgehead atoms. The summed E-state index contributed by atoms with van der Waals surface area (Å²) in [6.45, 7) is 4.98. The molecular formula is C22H34N4O5S. The standard InChI is InChI=1S/C22H34N4O5S/c1-14(2)32-21-25-24-20(31-21)17(15-10-12-26(13-11-15)22(29)30-3)19(28)23-18(27)16-8-6-4-5-7-9-16/h14-17H,4-13H2,1-3H3,(H,23,27,28). The number of likely N-dealkylation sites (tertiary alicyclic amines) is 1. The Balaban J connectivity index is 1.74. The van der Waals surface area contributed by atoms with Crippen LogP contribution in [0.1, 0.15) is 77.0 Å². The SMILES string of the molecule is COC(=O)N1CCC(C(C(=O)NC(=O)C2CCCCCC2)c2nnc(SC(C)C)o2)CC1. The summed E-state index contributed by atoms with van der Waals surface area (Å²) >= 11 is 1.43. The van der Waals surface area contributed by atoms with E-state index in [1.807, 2.05) is 13.8 Å². The Labute approximate surface area is 193 Å². The molecule has 1 saturated carbocycles. The highest BCUT2D eigenvalue weighted by molar-refractivity contribution is 7.99. The number of carbonyl (C=O) groups excluding carboxylic acids is 3. The van der Waals surface area contributed by atoms with Crippen LogP contribution in [-0.4, -0.2) is 58.5 Å². The number of ether oxygens (including phenoxy) is 1. The summed E-state index contributed by atoms with van der Waals surface area (Å²) in [5.74, 6) is -1.33. The zero-order valence-corrected chi connectivity index (χ0v) is 20.0. The topological polar surface area (TPSA) is 115 Å². The normalized spacial score (nSPS) is 19.4. The van der Waals surface area contributed by atoms with Gasteiger partial charge in [-0.25, -0.2) is 4.79 Å². The Morgan fingerprint density at radius 3 is 2.31 bits per heavy atom. The molecule has 0 spiro atoms. The number of nitrogens with one attached hydrogen (secondary N) is 1. The minimum Gasteiger partial charge on any atom is -0.453 e. The molecule has 2 heterocycles. The third-order valence-corrected chi connectivity index (χ3v) is 7.06. The fraction of sp³-hybridized carbons (Fsp3) is 0.773. The Morgan fingerprint density at radius 2 is 1.72 bits per heavy atom. The minimum absolute atomic E-state index is 0.116. The molecule has 1 aliphatic heterocycles. The molecule has 1 N–H and O–H groups in total. The van der Waals surface area contributed by atoms with Crippen molar-refractivity contribution in [2.24, 2.45) is 11.8 Å². The molecule has 1 atom stereocenters. The van der Waals surface area contributed by atoms with E-state index >= 15 is 0 Å². The number of piperidine rings is 1. The van der Waals surface area contributed by atoms with E-state index in [1.54, 1.807) is 4.90 Å². The number of nitrogens with zero attached hydrogens (tertiary/aromatic N) is 3. The molecule has 1 unspecified atom stereocenters. The average molecular weight is 467 g/mol. The summed E-state index contributed by atoms with van der Waals surface area (Å²) in [6.07, 6.45) is 6.73. The Hall–Kier alpha value is -2.10. The monoisotopic (exact) mass is 466 g/mol. The quantitative estimate of drug-likeness (QED) is 0.498. The fourth-order valence-electron chi connectivity index (χ4n) is 4.51. The van der Waals surface area contributed by atoms with Gasteiger partial charge in [-0.15, -0.1) is 10.2 Å². The van der Waals surface area contributed by atoms with Crippen molar-refractivity contribution in [2.75, 3.05) is 20.2 Å². The second-order valence-electron chi connectivity index (χ2n) is 8.89. The highest BCUT2D eigenvalue weighted by Crippen LogP contribution is 2.34. The van der Waals surface area contributed by atoms with Crippen LogP contribution in [0, 0.1) is 11.8 Å². The molecule has 0 radical (unpaired) electrons. The number of carbonyl (C=O) groups is 3. The van der Waals surface area contributed by atoms with Gasteiger partial charge in [0.25, 0.3) is 5.22 Å². The van der Waals surface area contributed by atoms with Gasteiger partial charge in [-0.05, 0) is 31.6 Å². The third kappa shape index (κ3) is 6.46. The summed E-state index contributed by atoms with van der Waals surface area (Å²) in [5, 5.41) is 11.6. The summed E-state index contributed by atoms with van der Waals surface area (Å²) in [5.41, 5.74) is 0. The summed E-state index contributed by atoms with van der Waals surface area (Å²) < 4.78 is 10.6. The number of hydrogen-bond donors (Lipinski definition) is 1. The van der Waals surface area contributed by atoms with Crippen molar-refractivity contribution < 1.29 is 23.5 Å². The van der Waals surface area contributed by atoms with Gasteiger partial charge in [-0.2, -0.15) is 0 Å². The van der Waals surface area contributed by atoms with Gasteiger partial charge in [0.05, 0.1) is 7.11 Å². The number of methoxy groups -OCH3 is 1. The third-order valence-electron chi connectivity index (χ3n) is 6.22. The van der Waals surface area contributed by atoms with Gasteiger partial charge in [-0.1, -0.05) is 51.3 Å². The molecular weight excluding hydrogens is 432 g/mol. The maximum atomic E-state index is 13.3. The molecule has 0 aromatic carbocycles. The van der Waals surface area contributed by atoms with Crippen LogP contribution in [0.4, 0.5) is 4.79 Å². The smallest absolute Gasteiger partial charge is 0.409 e. The van der Waals surface area contributed by atoms with Gasteiger partial charge in [0.2, 0.25) is 17.7 Å². The number of aromatic nitrogens is 2. The van der Waals surface area contributed by atoms with E-state index < -0.39 is 5.92 Å². The van der Waals surface area contributed by atoms with Gasteiger partial charge in [0, 0.05) is 24.3 Å². The molecule has 3 rings (SSSR count). The van der Waals surface area contributed by atoms with Crippen molar-refractivity contribution in [3.63, 3.8) is 0 Å². The second-order valence-corrected chi connectivity index (χ2v) is 10.4. The Morgan fingerprint density at radius 1 is 1.06 bits per heavy atom. The van der Waals surface area contributed by atoms with Crippen LogP contribution in [0.15, 0.2) is 9.64 Å². The van der Waals surface area contributed by atoms with E-state index in [1.165, 1.54) is 18.9 Å². The van der Waals surface area contributed by atoms with E-state index in [2.05, 4.69) is 15.5 Å².